The second-order valence-corrected chi connectivity index (χ2v) is 13.7. The van der Waals surface area contributed by atoms with Crippen molar-refractivity contribution in [2.75, 3.05) is 6.61 Å². The molecule has 0 fully saturated rings. The summed E-state index contributed by atoms with van der Waals surface area (Å²) in [5.41, 5.74) is 4.96. The minimum Gasteiger partial charge on any atom is -0.412 e. The van der Waals surface area contributed by atoms with E-state index in [1.165, 1.54) is 5.57 Å². The topological polar surface area (TPSA) is 26.3 Å². The summed E-state index contributed by atoms with van der Waals surface area (Å²) >= 11 is 0. The maximum absolute atomic E-state index is 12.3. The van der Waals surface area contributed by atoms with Gasteiger partial charge in [-0.3, -0.25) is 4.79 Å². The van der Waals surface area contributed by atoms with Crippen molar-refractivity contribution >= 4 is 14.1 Å². The average Bonchev–Trinajstić information content (AvgIpc) is 2.42. The van der Waals surface area contributed by atoms with Gasteiger partial charge in [0, 0.05) is 6.42 Å². The van der Waals surface area contributed by atoms with Crippen molar-refractivity contribution in [3.05, 3.63) is 23.3 Å². The van der Waals surface area contributed by atoms with Gasteiger partial charge in [0.05, 0.1) is 6.61 Å². The molecule has 1 rings (SSSR count). The van der Waals surface area contributed by atoms with Crippen LogP contribution in [0.5, 0.6) is 0 Å². The lowest BCUT2D eigenvalue weighted by Crippen LogP contribution is -2.48. The lowest BCUT2D eigenvalue weighted by Gasteiger charge is -2.43. The van der Waals surface area contributed by atoms with Crippen molar-refractivity contribution in [3.63, 3.8) is 0 Å². The number of carbonyl (C=O) groups is 1. The van der Waals surface area contributed by atoms with E-state index in [-0.39, 0.29) is 11.7 Å². The van der Waals surface area contributed by atoms with Gasteiger partial charge in [-0.05, 0) is 54.0 Å². The molecular weight excluding hydrogens is 300 g/mol. The molecule has 23 heavy (non-hydrogen) atoms. The Labute approximate surface area is 144 Å². The summed E-state index contributed by atoms with van der Waals surface area (Å²) < 4.78 is 6.70. The Morgan fingerprint density at radius 2 is 1.61 bits per heavy atom. The van der Waals surface area contributed by atoms with E-state index in [0.717, 1.165) is 17.6 Å². The summed E-state index contributed by atoms with van der Waals surface area (Å²) in [6.45, 7) is 22.5. The molecule has 0 aromatic rings. The summed E-state index contributed by atoms with van der Waals surface area (Å²) in [4.78, 5) is 12.3. The Morgan fingerprint density at radius 1 is 1.13 bits per heavy atom. The van der Waals surface area contributed by atoms with Crippen molar-refractivity contribution in [1.29, 1.82) is 0 Å². The first kappa shape index (κ1) is 20.4. The lowest BCUT2D eigenvalue weighted by atomic mass is 9.81. The SMILES string of the molecule is C=C(C)[C@@H]1CC(=O)C(C)=C(CO[Si](C(C)C)(C(C)C)C(C)C)C1. The molecule has 0 N–H and O–H groups in total. The molecule has 0 bridgehead atoms. The molecule has 0 saturated heterocycles. The number of Topliss-reactive ketones (excluding diaryl/α,β-unsaturated/α-hetero) is 1. The Hall–Kier alpha value is -0.673. The van der Waals surface area contributed by atoms with Crippen molar-refractivity contribution in [2.24, 2.45) is 5.92 Å². The zero-order valence-electron chi connectivity index (χ0n) is 16.5. The number of allylic oxidation sites excluding steroid dienone is 2. The van der Waals surface area contributed by atoms with Crippen LogP contribution >= 0.6 is 0 Å². The molecule has 3 heteroatoms. The third kappa shape index (κ3) is 4.24. The standard InChI is InChI=1S/C20H36O2Si/c1-13(2)18-10-19(17(9)20(21)11-18)12-22-23(14(3)4,15(5)6)16(7)8/h14-16,18H,1,10-12H2,2-9H3/t18-/m0/s1. The van der Waals surface area contributed by atoms with Gasteiger partial charge >= 0.3 is 0 Å². The minimum atomic E-state index is -1.88. The Balaban J connectivity index is 3.02. The first-order valence-electron chi connectivity index (χ1n) is 9.05. The molecule has 0 heterocycles. The molecule has 2 nitrogen and oxygen atoms in total. The van der Waals surface area contributed by atoms with Crippen LogP contribution in [0.4, 0.5) is 0 Å². The quantitative estimate of drug-likeness (QED) is 0.418. The van der Waals surface area contributed by atoms with Gasteiger partial charge in [-0.25, -0.2) is 0 Å². The molecule has 1 aliphatic carbocycles. The van der Waals surface area contributed by atoms with E-state index in [0.29, 0.717) is 29.7 Å². The zero-order chi connectivity index (χ0) is 17.9. The van der Waals surface area contributed by atoms with E-state index in [2.05, 4.69) is 48.1 Å². The van der Waals surface area contributed by atoms with Crippen molar-refractivity contribution < 1.29 is 9.22 Å². The van der Waals surface area contributed by atoms with E-state index in [1.807, 2.05) is 13.8 Å². The fourth-order valence-corrected chi connectivity index (χ4v) is 9.75. The second-order valence-electron chi connectivity index (χ2n) is 8.21. The van der Waals surface area contributed by atoms with E-state index in [9.17, 15) is 4.79 Å². The highest BCUT2D eigenvalue weighted by Crippen LogP contribution is 2.43. The van der Waals surface area contributed by atoms with Gasteiger partial charge in [0.1, 0.15) is 0 Å². The molecule has 0 saturated carbocycles. The highest BCUT2D eigenvalue weighted by Gasteiger charge is 2.45. The summed E-state index contributed by atoms with van der Waals surface area (Å²) in [6, 6.07) is 0. The fourth-order valence-electron chi connectivity index (χ4n) is 4.32. The molecule has 0 radical (unpaired) electrons. The number of hydrogen-bond donors (Lipinski definition) is 0. The van der Waals surface area contributed by atoms with Gasteiger partial charge in [-0.1, -0.05) is 53.7 Å². The maximum Gasteiger partial charge on any atom is 0.200 e. The Kier molecular flexibility index (Phi) is 7.03. The maximum atomic E-state index is 12.3. The van der Waals surface area contributed by atoms with Gasteiger partial charge in [0.2, 0.25) is 8.32 Å². The number of hydrogen-bond acceptors (Lipinski definition) is 2. The van der Waals surface area contributed by atoms with Crippen molar-refractivity contribution in [2.45, 2.75) is 84.9 Å². The number of rotatable bonds is 7. The molecule has 1 atom stereocenters. The van der Waals surface area contributed by atoms with Crippen LogP contribution in [0.25, 0.3) is 0 Å². The average molecular weight is 337 g/mol. The van der Waals surface area contributed by atoms with Crippen LogP contribution in [-0.2, 0) is 9.22 Å². The fraction of sp³-hybridized carbons (Fsp3) is 0.750. The van der Waals surface area contributed by atoms with E-state index in [1.54, 1.807) is 0 Å². The lowest BCUT2D eigenvalue weighted by molar-refractivity contribution is -0.116. The molecule has 132 valence electrons. The third-order valence-electron chi connectivity index (χ3n) is 5.77. The van der Waals surface area contributed by atoms with Crippen LogP contribution in [0.3, 0.4) is 0 Å². The molecule has 0 aromatic carbocycles. The normalized spacial score (nSPS) is 20.1. The first-order chi connectivity index (χ1) is 10.5. The predicted molar refractivity (Wildman–Crippen MR) is 102 cm³/mol. The van der Waals surface area contributed by atoms with Gasteiger partial charge in [0.15, 0.2) is 5.78 Å². The van der Waals surface area contributed by atoms with E-state index >= 15 is 0 Å². The number of ketones is 1. The monoisotopic (exact) mass is 336 g/mol. The Bertz CT molecular complexity index is 464. The molecule has 0 aromatic heterocycles. The second kappa shape index (κ2) is 7.93. The predicted octanol–water partition coefficient (Wildman–Crippen LogP) is 6.05. The molecule has 0 spiro atoms. The van der Waals surface area contributed by atoms with Crippen LogP contribution in [0.2, 0.25) is 16.6 Å². The molecule has 0 unspecified atom stereocenters. The van der Waals surface area contributed by atoms with Crippen LogP contribution in [0.15, 0.2) is 23.3 Å². The number of carbonyl (C=O) groups excluding carboxylic acids is 1. The molecule has 1 aliphatic rings. The van der Waals surface area contributed by atoms with E-state index < -0.39 is 8.32 Å². The van der Waals surface area contributed by atoms with Crippen molar-refractivity contribution in [1.82, 2.24) is 0 Å². The summed E-state index contributed by atoms with van der Waals surface area (Å²) in [5.74, 6) is 0.562. The van der Waals surface area contributed by atoms with Gasteiger partial charge in [-0.15, -0.1) is 0 Å². The van der Waals surface area contributed by atoms with Crippen LogP contribution in [0, 0.1) is 5.92 Å². The van der Waals surface area contributed by atoms with Gasteiger partial charge < -0.3 is 4.43 Å². The zero-order valence-corrected chi connectivity index (χ0v) is 17.5. The van der Waals surface area contributed by atoms with Crippen LogP contribution in [0.1, 0.15) is 68.2 Å². The van der Waals surface area contributed by atoms with Gasteiger partial charge in [0.25, 0.3) is 0 Å². The van der Waals surface area contributed by atoms with Crippen molar-refractivity contribution in [3.8, 4) is 0 Å². The molecular formula is C20H36O2Si. The summed E-state index contributed by atoms with van der Waals surface area (Å²) in [6.07, 6.45) is 1.55. The van der Waals surface area contributed by atoms with Crippen LogP contribution in [-0.4, -0.2) is 20.7 Å². The summed E-state index contributed by atoms with van der Waals surface area (Å²) in [7, 11) is -1.88. The first-order valence-corrected chi connectivity index (χ1v) is 11.2. The minimum absolute atomic E-state index is 0.272. The molecule has 0 aliphatic heterocycles. The van der Waals surface area contributed by atoms with Crippen LogP contribution < -0.4 is 0 Å². The Morgan fingerprint density at radius 3 is 2.00 bits per heavy atom. The largest absolute Gasteiger partial charge is 0.412 e. The third-order valence-corrected chi connectivity index (χ3v) is 11.8. The van der Waals surface area contributed by atoms with Gasteiger partial charge in [-0.2, -0.15) is 0 Å². The van der Waals surface area contributed by atoms with E-state index in [4.69, 9.17) is 4.43 Å². The summed E-state index contributed by atoms with van der Waals surface area (Å²) in [5, 5.41) is 0. The highest BCUT2D eigenvalue weighted by molar-refractivity contribution is 6.77. The smallest absolute Gasteiger partial charge is 0.200 e. The molecule has 0 amide bonds. The highest BCUT2D eigenvalue weighted by atomic mass is 28.4.